The Balaban J connectivity index is 1.39. The van der Waals surface area contributed by atoms with Crippen molar-refractivity contribution in [2.24, 2.45) is 5.92 Å². The Morgan fingerprint density at radius 3 is 2.53 bits per heavy atom. The van der Waals surface area contributed by atoms with Crippen LogP contribution in [0.15, 0.2) is 30.3 Å². The molecule has 1 aliphatic carbocycles. The number of hydrogen-bond donors (Lipinski definition) is 0. The monoisotopic (exact) mass is 510 g/mol. The van der Waals surface area contributed by atoms with Crippen LogP contribution in [0.3, 0.4) is 0 Å². The molecular weight excluding hydrogens is 476 g/mol. The third-order valence-electron chi connectivity index (χ3n) is 7.20. The van der Waals surface area contributed by atoms with Gasteiger partial charge in [-0.1, -0.05) is 49.1 Å². The van der Waals surface area contributed by atoms with E-state index in [1.54, 1.807) is 11.3 Å². The number of benzene rings is 1. The van der Waals surface area contributed by atoms with E-state index < -0.39 is 0 Å². The van der Waals surface area contributed by atoms with Gasteiger partial charge in [0, 0.05) is 24.1 Å². The Morgan fingerprint density at radius 1 is 1.17 bits per heavy atom. The summed E-state index contributed by atoms with van der Waals surface area (Å²) in [5.41, 5.74) is 2.43. The number of rotatable bonds is 7. The number of hydrogen-bond acceptors (Lipinski definition) is 7. The molecule has 0 unspecified atom stereocenters. The van der Waals surface area contributed by atoms with E-state index in [0.717, 1.165) is 36.8 Å². The van der Waals surface area contributed by atoms with Crippen molar-refractivity contribution in [2.75, 3.05) is 20.3 Å². The van der Waals surface area contributed by atoms with Crippen LogP contribution in [0.5, 0.6) is 0 Å². The van der Waals surface area contributed by atoms with Crippen molar-refractivity contribution in [3.8, 4) is 11.8 Å². The van der Waals surface area contributed by atoms with E-state index in [1.807, 2.05) is 37.3 Å². The van der Waals surface area contributed by atoms with E-state index >= 15 is 0 Å². The number of methoxy groups -OCH3 is 1. The Labute approximate surface area is 217 Å². The first kappa shape index (κ1) is 26.4. The average molecular weight is 511 g/mol. The molecule has 1 aromatic heterocycles. The molecule has 192 valence electrons. The summed E-state index contributed by atoms with van der Waals surface area (Å²) in [4.78, 5) is 26.6. The van der Waals surface area contributed by atoms with Crippen molar-refractivity contribution >= 4 is 23.3 Å². The quantitative estimate of drug-likeness (QED) is 0.349. The Bertz CT molecular complexity index is 1110. The van der Waals surface area contributed by atoms with E-state index in [2.05, 4.69) is 18.8 Å². The van der Waals surface area contributed by atoms with Gasteiger partial charge >= 0.3 is 11.9 Å². The molecule has 1 aromatic carbocycles. The van der Waals surface area contributed by atoms with Crippen molar-refractivity contribution < 1.29 is 28.5 Å². The highest BCUT2D eigenvalue weighted by molar-refractivity contribution is 7.13. The first-order valence-electron chi connectivity index (χ1n) is 12.6. The van der Waals surface area contributed by atoms with E-state index in [4.69, 9.17) is 18.9 Å². The average Bonchev–Trinajstić information content (AvgIpc) is 3.49. The van der Waals surface area contributed by atoms with E-state index in [-0.39, 0.29) is 30.8 Å². The minimum atomic E-state index is -0.378. The molecule has 1 atom stereocenters. The Hall–Kier alpha value is -2.66. The highest BCUT2D eigenvalue weighted by Crippen LogP contribution is 2.46. The lowest BCUT2D eigenvalue weighted by Crippen LogP contribution is -2.36. The molecule has 0 N–H and O–H groups in total. The van der Waals surface area contributed by atoms with Gasteiger partial charge in [-0.3, -0.25) is 4.79 Å². The van der Waals surface area contributed by atoms with Crippen LogP contribution in [0.1, 0.15) is 82.6 Å². The molecule has 2 aromatic rings. The Kier molecular flexibility index (Phi) is 8.84. The summed E-state index contributed by atoms with van der Waals surface area (Å²) >= 11 is 1.57. The van der Waals surface area contributed by atoms with Crippen molar-refractivity contribution in [3.63, 3.8) is 0 Å². The lowest BCUT2D eigenvalue weighted by molar-refractivity contribution is -0.183. The molecule has 2 fully saturated rings. The fourth-order valence-corrected chi connectivity index (χ4v) is 6.41. The van der Waals surface area contributed by atoms with E-state index in [0.29, 0.717) is 41.9 Å². The van der Waals surface area contributed by atoms with Crippen molar-refractivity contribution in [3.05, 3.63) is 56.8 Å². The smallest absolute Gasteiger partial charge is 0.340 e. The molecule has 36 heavy (non-hydrogen) atoms. The fourth-order valence-electron chi connectivity index (χ4n) is 5.10. The first-order valence-corrected chi connectivity index (χ1v) is 13.4. The standard InChI is InChI=1S/C29H34O6S/c1-20(23-13-15-29(16-14-23)34-17-18-35-29)27-21(2)26(28(31)32-3)24(36-27)11-7-8-12-25(30)33-19-22-9-5-4-6-10-22/h4-6,9-10,20,23H,8,12-19H2,1-3H3/t20-/m1/s1. The summed E-state index contributed by atoms with van der Waals surface area (Å²) in [6.45, 7) is 5.83. The minimum absolute atomic E-state index is 0.203. The van der Waals surface area contributed by atoms with Crippen molar-refractivity contribution in [1.82, 2.24) is 0 Å². The fraction of sp³-hybridized carbons (Fsp3) is 0.517. The zero-order valence-electron chi connectivity index (χ0n) is 21.3. The van der Waals surface area contributed by atoms with Crippen LogP contribution >= 0.6 is 11.3 Å². The van der Waals surface area contributed by atoms with Crippen LogP contribution in [0.4, 0.5) is 0 Å². The van der Waals surface area contributed by atoms with Crippen molar-refractivity contribution in [2.45, 2.75) is 70.7 Å². The molecule has 1 saturated heterocycles. The summed E-state index contributed by atoms with van der Waals surface area (Å²) in [6.07, 6.45) is 4.43. The number of carbonyl (C=O) groups is 2. The maximum atomic E-state index is 12.6. The largest absolute Gasteiger partial charge is 0.465 e. The third-order valence-corrected chi connectivity index (χ3v) is 8.61. The second-order valence-electron chi connectivity index (χ2n) is 9.47. The predicted molar refractivity (Wildman–Crippen MR) is 138 cm³/mol. The molecule has 2 aliphatic rings. The highest BCUT2D eigenvalue weighted by atomic mass is 32.1. The van der Waals surface area contributed by atoms with E-state index in [9.17, 15) is 9.59 Å². The number of esters is 2. The molecule has 0 amide bonds. The van der Waals surface area contributed by atoms with Crippen LogP contribution in [-0.2, 0) is 30.3 Å². The molecule has 4 rings (SSSR count). The highest BCUT2D eigenvalue weighted by Gasteiger charge is 2.42. The number of ether oxygens (including phenoxy) is 4. The van der Waals surface area contributed by atoms with Gasteiger partial charge in [0.1, 0.15) is 6.61 Å². The van der Waals surface area contributed by atoms with Crippen LogP contribution in [-0.4, -0.2) is 38.0 Å². The Morgan fingerprint density at radius 2 is 1.86 bits per heavy atom. The van der Waals surface area contributed by atoms with Gasteiger partial charge in [-0.2, -0.15) is 0 Å². The molecule has 7 heteroatoms. The molecule has 0 radical (unpaired) electrons. The zero-order valence-corrected chi connectivity index (χ0v) is 22.1. The zero-order chi connectivity index (χ0) is 25.5. The maximum absolute atomic E-state index is 12.6. The molecule has 0 bridgehead atoms. The summed E-state index contributed by atoms with van der Waals surface area (Å²) in [6, 6.07) is 9.58. The van der Waals surface area contributed by atoms with Crippen LogP contribution < -0.4 is 0 Å². The summed E-state index contributed by atoms with van der Waals surface area (Å²) < 4.78 is 22.2. The first-order chi connectivity index (χ1) is 17.4. The third kappa shape index (κ3) is 6.18. The van der Waals surface area contributed by atoms with Gasteiger partial charge in [0.15, 0.2) is 5.79 Å². The summed E-state index contributed by atoms with van der Waals surface area (Å²) in [5.74, 6) is 5.94. The van der Waals surface area contributed by atoms with Gasteiger partial charge in [-0.15, -0.1) is 11.3 Å². The maximum Gasteiger partial charge on any atom is 0.340 e. The second kappa shape index (κ2) is 12.1. The van der Waals surface area contributed by atoms with Gasteiger partial charge in [0.05, 0.1) is 37.2 Å². The minimum Gasteiger partial charge on any atom is -0.465 e. The molecule has 1 aliphatic heterocycles. The van der Waals surface area contributed by atoms with Gasteiger partial charge in [-0.25, -0.2) is 4.79 Å². The normalized spacial score (nSPS) is 17.9. The molecule has 1 saturated carbocycles. The lowest BCUT2D eigenvalue weighted by atomic mass is 9.77. The van der Waals surface area contributed by atoms with Crippen molar-refractivity contribution in [1.29, 1.82) is 0 Å². The van der Waals surface area contributed by atoms with Crippen LogP contribution in [0.2, 0.25) is 0 Å². The SMILES string of the molecule is COC(=O)c1c(C#CCCC(=O)OCc2ccccc2)sc([C@H](C)C2CCC3(CC2)OCCO3)c1C. The van der Waals surface area contributed by atoms with Gasteiger partial charge in [0.2, 0.25) is 0 Å². The van der Waals surface area contributed by atoms with Crippen LogP contribution in [0, 0.1) is 24.7 Å². The van der Waals surface area contributed by atoms with Gasteiger partial charge in [0.25, 0.3) is 0 Å². The topological polar surface area (TPSA) is 71.1 Å². The van der Waals surface area contributed by atoms with E-state index in [1.165, 1.54) is 12.0 Å². The summed E-state index contributed by atoms with van der Waals surface area (Å²) in [5, 5.41) is 0. The molecule has 1 spiro atoms. The number of thiophene rings is 1. The van der Waals surface area contributed by atoms with Gasteiger partial charge < -0.3 is 18.9 Å². The lowest BCUT2D eigenvalue weighted by Gasteiger charge is -2.37. The molecule has 6 nitrogen and oxygen atoms in total. The predicted octanol–water partition coefficient (Wildman–Crippen LogP) is 5.76. The van der Waals surface area contributed by atoms with Crippen LogP contribution in [0.25, 0.3) is 0 Å². The van der Waals surface area contributed by atoms with Gasteiger partial charge in [-0.05, 0) is 42.7 Å². The second-order valence-corrected chi connectivity index (χ2v) is 10.5. The summed E-state index contributed by atoms with van der Waals surface area (Å²) in [7, 11) is 1.39. The molecular formula is C29H34O6S. The molecule has 2 heterocycles. The number of carbonyl (C=O) groups excluding carboxylic acids is 2.